The Labute approximate surface area is 135 Å². The van der Waals surface area contributed by atoms with E-state index in [1.165, 1.54) is 12.1 Å². The van der Waals surface area contributed by atoms with Crippen molar-refractivity contribution in [3.63, 3.8) is 0 Å². The fraction of sp³-hybridized carbons (Fsp3) is 0.500. The standard InChI is InChI=1S/C18H24F3NO/c1-3-5-6-7-8-9-14(4-2)17(23)22-16-12-10-15(11-13-16)18(19,20)21/h3,5,10-14H,4,6-9H2,1-2H3,(H,22,23). The Morgan fingerprint density at radius 2 is 1.87 bits per heavy atom. The summed E-state index contributed by atoms with van der Waals surface area (Å²) in [5, 5.41) is 2.70. The predicted molar refractivity (Wildman–Crippen MR) is 87.1 cm³/mol. The lowest BCUT2D eigenvalue weighted by Crippen LogP contribution is -2.22. The van der Waals surface area contributed by atoms with Crippen molar-refractivity contribution in [2.75, 3.05) is 5.32 Å². The molecular weight excluding hydrogens is 303 g/mol. The molecule has 1 N–H and O–H groups in total. The Morgan fingerprint density at radius 3 is 2.39 bits per heavy atom. The monoisotopic (exact) mass is 327 g/mol. The number of carbonyl (C=O) groups excluding carboxylic acids is 1. The summed E-state index contributed by atoms with van der Waals surface area (Å²) in [6.45, 7) is 3.93. The maximum Gasteiger partial charge on any atom is 0.416 e. The lowest BCUT2D eigenvalue weighted by atomic mass is 9.97. The van der Waals surface area contributed by atoms with Crippen molar-refractivity contribution in [1.82, 2.24) is 0 Å². The van der Waals surface area contributed by atoms with E-state index in [9.17, 15) is 18.0 Å². The number of alkyl halides is 3. The molecule has 0 radical (unpaired) electrons. The van der Waals surface area contributed by atoms with Crippen LogP contribution in [0.4, 0.5) is 18.9 Å². The van der Waals surface area contributed by atoms with Gasteiger partial charge in [0.15, 0.2) is 0 Å². The van der Waals surface area contributed by atoms with Crippen LogP contribution >= 0.6 is 0 Å². The van der Waals surface area contributed by atoms with Gasteiger partial charge in [0.25, 0.3) is 0 Å². The predicted octanol–water partition coefficient (Wildman–Crippen LogP) is 5.81. The summed E-state index contributed by atoms with van der Waals surface area (Å²) < 4.78 is 37.5. The van der Waals surface area contributed by atoms with Crippen LogP contribution in [0.1, 0.15) is 51.5 Å². The molecule has 23 heavy (non-hydrogen) atoms. The number of anilines is 1. The fourth-order valence-electron chi connectivity index (χ4n) is 2.33. The zero-order chi connectivity index (χ0) is 17.3. The van der Waals surface area contributed by atoms with Crippen LogP contribution in [-0.2, 0) is 11.0 Å². The van der Waals surface area contributed by atoms with E-state index in [2.05, 4.69) is 11.4 Å². The maximum absolute atomic E-state index is 12.5. The second-order valence-corrected chi connectivity index (χ2v) is 5.52. The molecule has 0 fully saturated rings. The highest BCUT2D eigenvalue weighted by molar-refractivity contribution is 5.92. The molecule has 0 aromatic heterocycles. The number of unbranched alkanes of at least 4 members (excludes halogenated alkanes) is 2. The van der Waals surface area contributed by atoms with E-state index in [0.717, 1.165) is 44.2 Å². The zero-order valence-electron chi connectivity index (χ0n) is 13.6. The lowest BCUT2D eigenvalue weighted by molar-refractivity contribution is -0.137. The summed E-state index contributed by atoms with van der Waals surface area (Å²) >= 11 is 0. The van der Waals surface area contributed by atoms with Crippen molar-refractivity contribution < 1.29 is 18.0 Å². The van der Waals surface area contributed by atoms with Crippen LogP contribution in [0.25, 0.3) is 0 Å². The van der Waals surface area contributed by atoms with E-state index >= 15 is 0 Å². The Balaban J connectivity index is 2.52. The summed E-state index contributed by atoms with van der Waals surface area (Å²) in [5.74, 6) is -0.235. The summed E-state index contributed by atoms with van der Waals surface area (Å²) in [5.41, 5.74) is -0.318. The fourth-order valence-corrected chi connectivity index (χ4v) is 2.33. The average Bonchev–Trinajstić information content (AvgIpc) is 2.50. The number of rotatable bonds is 8. The number of benzene rings is 1. The number of nitrogens with one attached hydrogen (secondary N) is 1. The second kappa shape index (κ2) is 9.38. The Kier molecular flexibility index (Phi) is 7.86. The van der Waals surface area contributed by atoms with Crippen LogP contribution in [0.2, 0.25) is 0 Å². The molecule has 128 valence electrons. The van der Waals surface area contributed by atoms with E-state index < -0.39 is 11.7 Å². The minimum atomic E-state index is -4.36. The smallest absolute Gasteiger partial charge is 0.326 e. The first-order valence-electron chi connectivity index (χ1n) is 7.97. The zero-order valence-corrected chi connectivity index (χ0v) is 13.6. The molecule has 1 aromatic carbocycles. The molecule has 1 unspecified atom stereocenters. The summed E-state index contributed by atoms with van der Waals surface area (Å²) in [4.78, 5) is 12.2. The van der Waals surface area contributed by atoms with Gasteiger partial charge in [-0.1, -0.05) is 25.5 Å². The number of carbonyl (C=O) groups is 1. The molecule has 1 aromatic rings. The molecule has 0 aliphatic carbocycles. The van der Waals surface area contributed by atoms with Crippen LogP contribution < -0.4 is 5.32 Å². The van der Waals surface area contributed by atoms with E-state index in [-0.39, 0.29) is 11.8 Å². The van der Waals surface area contributed by atoms with Gasteiger partial charge in [-0.05, 0) is 56.9 Å². The van der Waals surface area contributed by atoms with Crippen molar-refractivity contribution in [3.8, 4) is 0 Å². The Hall–Kier alpha value is -1.78. The van der Waals surface area contributed by atoms with Crippen molar-refractivity contribution >= 4 is 11.6 Å². The second-order valence-electron chi connectivity index (χ2n) is 5.52. The van der Waals surface area contributed by atoms with Crippen molar-refractivity contribution in [2.45, 2.75) is 52.1 Å². The molecule has 0 spiro atoms. The molecule has 1 atom stereocenters. The van der Waals surface area contributed by atoms with E-state index in [1.54, 1.807) is 0 Å². The first-order chi connectivity index (χ1) is 10.9. The van der Waals surface area contributed by atoms with Gasteiger partial charge in [0, 0.05) is 11.6 Å². The third-order valence-electron chi connectivity index (χ3n) is 3.75. The molecule has 0 aliphatic heterocycles. The number of halogens is 3. The van der Waals surface area contributed by atoms with Crippen molar-refractivity contribution in [1.29, 1.82) is 0 Å². The highest BCUT2D eigenvalue weighted by Gasteiger charge is 2.30. The third kappa shape index (κ3) is 6.89. The van der Waals surface area contributed by atoms with E-state index in [0.29, 0.717) is 5.69 Å². The molecule has 0 saturated heterocycles. The molecule has 5 heteroatoms. The van der Waals surface area contributed by atoms with Gasteiger partial charge in [-0.15, -0.1) is 0 Å². The number of allylic oxidation sites excluding steroid dienone is 2. The highest BCUT2D eigenvalue weighted by Crippen LogP contribution is 2.30. The molecule has 1 rings (SSSR count). The van der Waals surface area contributed by atoms with Crippen LogP contribution in [0.3, 0.4) is 0 Å². The Morgan fingerprint density at radius 1 is 1.22 bits per heavy atom. The third-order valence-corrected chi connectivity index (χ3v) is 3.75. The number of hydrogen-bond donors (Lipinski definition) is 1. The minimum absolute atomic E-state index is 0.108. The van der Waals surface area contributed by atoms with Gasteiger partial charge >= 0.3 is 6.18 Å². The first-order valence-corrected chi connectivity index (χ1v) is 7.97. The molecule has 0 saturated carbocycles. The van der Waals surface area contributed by atoms with Crippen molar-refractivity contribution in [2.24, 2.45) is 5.92 Å². The van der Waals surface area contributed by atoms with Gasteiger partial charge in [-0.25, -0.2) is 0 Å². The van der Waals surface area contributed by atoms with Crippen LogP contribution in [0.5, 0.6) is 0 Å². The van der Waals surface area contributed by atoms with Crippen LogP contribution in [-0.4, -0.2) is 5.91 Å². The number of hydrogen-bond acceptors (Lipinski definition) is 1. The van der Waals surface area contributed by atoms with Gasteiger partial charge < -0.3 is 5.32 Å². The number of amides is 1. The van der Waals surface area contributed by atoms with Crippen molar-refractivity contribution in [3.05, 3.63) is 42.0 Å². The van der Waals surface area contributed by atoms with Gasteiger partial charge in [-0.3, -0.25) is 4.79 Å². The quantitative estimate of drug-likeness (QED) is 0.474. The summed E-state index contributed by atoms with van der Waals surface area (Å²) in [7, 11) is 0. The van der Waals surface area contributed by atoms with Gasteiger partial charge in [0.05, 0.1) is 5.56 Å². The SMILES string of the molecule is CC=CCCCCC(CC)C(=O)Nc1ccc(C(F)(F)F)cc1. The molecule has 1 amide bonds. The largest absolute Gasteiger partial charge is 0.416 e. The molecular formula is C18H24F3NO. The molecule has 0 aliphatic rings. The normalized spacial score (nSPS) is 13.3. The molecule has 0 bridgehead atoms. The highest BCUT2D eigenvalue weighted by atomic mass is 19.4. The topological polar surface area (TPSA) is 29.1 Å². The van der Waals surface area contributed by atoms with Gasteiger partial charge in [-0.2, -0.15) is 13.2 Å². The average molecular weight is 327 g/mol. The van der Waals surface area contributed by atoms with Crippen LogP contribution in [0.15, 0.2) is 36.4 Å². The molecule has 0 heterocycles. The van der Waals surface area contributed by atoms with E-state index in [1.807, 2.05) is 19.9 Å². The maximum atomic E-state index is 12.5. The minimum Gasteiger partial charge on any atom is -0.326 e. The van der Waals surface area contributed by atoms with E-state index in [4.69, 9.17) is 0 Å². The first kappa shape index (κ1) is 19.3. The van der Waals surface area contributed by atoms with Gasteiger partial charge in [0.2, 0.25) is 5.91 Å². The lowest BCUT2D eigenvalue weighted by Gasteiger charge is -2.15. The van der Waals surface area contributed by atoms with Crippen LogP contribution in [0, 0.1) is 5.92 Å². The van der Waals surface area contributed by atoms with Gasteiger partial charge in [0.1, 0.15) is 0 Å². The summed E-state index contributed by atoms with van der Waals surface area (Å²) in [6.07, 6.45) is 4.26. The Bertz CT molecular complexity index is 506. The summed E-state index contributed by atoms with van der Waals surface area (Å²) in [6, 6.07) is 4.54. The molecule has 2 nitrogen and oxygen atoms in total.